The van der Waals surface area contributed by atoms with Crippen molar-refractivity contribution in [2.24, 2.45) is 0 Å². The van der Waals surface area contributed by atoms with Gasteiger partial charge in [-0.25, -0.2) is 0 Å². The summed E-state index contributed by atoms with van der Waals surface area (Å²) < 4.78 is 7.83. The quantitative estimate of drug-likeness (QED) is 0.295. The van der Waals surface area contributed by atoms with Crippen LogP contribution in [0.25, 0.3) is 11.4 Å². The highest BCUT2D eigenvalue weighted by Crippen LogP contribution is 2.21. The van der Waals surface area contributed by atoms with E-state index in [4.69, 9.17) is 17.0 Å². The number of hydrogen-bond donors (Lipinski definition) is 2. The van der Waals surface area contributed by atoms with E-state index in [-0.39, 0.29) is 5.91 Å². The molecule has 6 nitrogen and oxygen atoms in total. The van der Waals surface area contributed by atoms with Gasteiger partial charge < -0.3 is 10.1 Å². The Morgan fingerprint density at radius 1 is 1.10 bits per heavy atom. The van der Waals surface area contributed by atoms with Crippen LogP contribution in [-0.4, -0.2) is 27.3 Å². The van der Waals surface area contributed by atoms with Crippen molar-refractivity contribution in [1.82, 2.24) is 14.8 Å². The van der Waals surface area contributed by atoms with E-state index >= 15 is 0 Å². The number of hydrogen-bond acceptors (Lipinski definition) is 4. The fourth-order valence-electron chi connectivity index (χ4n) is 3.38. The second kappa shape index (κ2) is 11.5. The van der Waals surface area contributed by atoms with Crippen molar-refractivity contribution in [3.63, 3.8) is 0 Å². The number of nitrogens with zero attached hydrogens (tertiary/aromatic N) is 2. The van der Waals surface area contributed by atoms with Gasteiger partial charge in [0.15, 0.2) is 10.6 Å². The first-order valence-corrected chi connectivity index (χ1v) is 11.3. The third-order valence-corrected chi connectivity index (χ3v) is 5.36. The number of carbonyl (C=O) groups excluding carboxylic acids is 1. The van der Waals surface area contributed by atoms with E-state index < -0.39 is 0 Å². The molecule has 0 atom stereocenters. The number of aromatic amines is 1. The third-order valence-electron chi connectivity index (χ3n) is 5.05. The fraction of sp³-hybridized carbons (Fsp3) is 0.375. The van der Waals surface area contributed by atoms with E-state index in [1.54, 1.807) is 0 Å². The maximum Gasteiger partial charge on any atom is 0.226 e. The van der Waals surface area contributed by atoms with Crippen LogP contribution < -0.4 is 10.1 Å². The van der Waals surface area contributed by atoms with Gasteiger partial charge in [0.05, 0.1) is 6.61 Å². The van der Waals surface area contributed by atoms with Gasteiger partial charge in [-0.05, 0) is 73.9 Å². The number of carbonyl (C=O) groups is 1. The Labute approximate surface area is 188 Å². The summed E-state index contributed by atoms with van der Waals surface area (Å²) in [6.45, 7) is 5.22. The molecule has 0 saturated carbocycles. The molecule has 3 rings (SSSR count). The second-order valence-electron chi connectivity index (χ2n) is 7.41. The number of aryl methyl sites for hydroxylation is 1. The summed E-state index contributed by atoms with van der Waals surface area (Å²) in [6.07, 6.45) is 5.04. The first kappa shape index (κ1) is 22.7. The van der Waals surface area contributed by atoms with Crippen LogP contribution in [0.4, 0.5) is 5.69 Å². The molecule has 3 aromatic rings. The number of unbranched alkanes of at least 4 members (excludes halogenated alkanes) is 2. The van der Waals surface area contributed by atoms with Crippen LogP contribution >= 0.6 is 12.2 Å². The predicted molar refractivity (Wildman–Crippen MR) is 127 cm³/mol. The molecule has 1 amide bonds. The lowest BCUT2D eigenvalue weighted by Gasteiger charge is -2.09. The molecule has 0 aliphatic carbocycles. The maximum atomic E-state index is 12.5. The molecule has 31 heavy (non-hydrogen) atoms. The predicted octanol–water partition coefficient (Wildman–Crippen LogP) is 5.77. The van der Waals surface area contributed by atoms with Gasteiger partial charge in [-0.2, -0.15) is 5.10 Å². The number of rotatable bonds is 11. The molecule has 0 unspecified atom stereocenters. The van der Waals surface area contributed by atoms with Gasteiger partial charge in [-0.1, -0.05) is 31.9 Å². The largest absolute Gasteiger partial charge is 0.494 e. The number of aromatic nitrogens is 3. The van der Waals surface area contributed by atoms with E-state index in [1.807, 2.05) is 47.9 Å². The smallest absolute Gasteiger partial charge is 0.226 e. The fourth-order valence-corrected chi connectivity index (χ4v) is 3.61. The molecular formula is C24H30N4O2S. The molecule has 1 aromatic heterocycles. The summed E-state index contributed by atoms with van der Waals surface area (Å²) in [5.74, 6) is 1.46. The van der Waals surface area contributed by atoms with Crippen LogP contribution in [0.5, 0.6) is 5.75 Å². The van der Waals surface area contributed by atoms with E-state index in [9.17, 15) is 4.79 Å². The zero-order chi connectivity index (χ0) is 22.1. The monoisotopic (exact) mass is 438 g/mol. The molecule has 0 radical (unpaired) electrons. The Morgan fingerprint density at radius 2 is 1.84 bits per heavy atom. The van der Waals surface area contributed by atoms with Crippen molar-refractivity contribution in [2.75, 3.05) is 11.9 Å². The van der Waals surface area contributed by atoms with E-state index in [0.717, 1.165) is 23.4 Å². The summed E-state index contributed by atoms with van der Waals surface area (Å²) in [5, 5.41) is 10.1. The average Bonchev–Trinajstić information content (AvgIpc) is 3.15. The number of ether oxygens (including phenoxy) is 1. The minimum atomic E-state index is -0.0560. The molecule has 0 aliphatic rings. The van der Waals surface area contributed by atoms with Crippen molar-refractivity contribution < 1.29 is 9.53 Å². The second-order valence-corrected chi connectivity index (χ2v) is 7.80. The summed E-state index contributed by atoms with van der Waals surface area (Å²) >= 11 is 5.37. The molecule has 1 heterocycles. The van der Waals surface area contributed by atoms with Crippen LogP contribution in [0.15, 0.2) is 48.5 Å². The number of H-pyrrole nitrogens is 1. The molecule has 0 aliphatic heterocycles. The Bertz CT molecular complexity index is 1020. The van der Waals surface area contributed by atoms with Crippen molar-refractivity contribution in [3.8, 4) is 17.1 Å². The van der Waals surface area contributed by atoms with Crippen molar-refractivity contribution in [3.05, 3.63) is 58.9 Å². The Morgan fingerprint density at radius 3 is 2.52 bits per heavy atom. The minimum Gasteiger partial charge on any atom is -0.494 e. The Balaban J connectivity index is 1.58. The van der Waals surface area contributed by atoms with Gasteiger partial charge in [0, 0.05) is 24.2 Å². The van der Waals surface area contributed by atoms with E-state index in [2.05, 4.69) is 34.6 Å². The normalized spacial score (nSPS) is 10.8. The maximum absolute atomic E-state index is 12.5. The molecule has 164 valence electrons. The SMILES string of the molecule is CCCCCc1ccc(NC(=O)CCn2c(-c3ccc(OCC)cc3)n[nH]c2=S)cc1. The number of anilines is 1. The van der Waals surface area contributed by atoms with Gasteiger partial charge in [0.25, 0.3) is 0 Å². The highest BCUT2D eigenvalue weighted by Gasteiger charge is 2.11. The summed E-state index contributed by atoms with van der Waals surface area (Å²) in [6, 6.07) is 15.8. The van der Waals surface area contributed by atoms with Gasteiger partial charge in [-0.3, -0.25) is 14.5 Å². The van der Waals surface area contributed by atoms with Gasteiger partial charge >= 0.3 is 0 Å². The summed E-state index contributed by atoms with van der Waals surface area (Å²) in [4.78, 5) is 12.5. The number of benzene rings is 2. The first-order valence-electron chi connectivity index (χ1n) is 10.9. The number of amides is 1. The standard InChI is InChI=1S/C24H30N4O2S/c1-3-5-6-7-18-8-12-20(13-9-18)25-22(29)16-17-28-23(26-27-24(28)31)19-10-14-21(15-11-19)30-4-2/h8-15H,3-7,16-17H2,1-2H3,(H,25,29)(H,27,31). The lowest BCUT2D eigenvalue weighted by molar-refractivity contribution is -0.116. The van der Waals surface area contributed by atoms with Crippen molar-refractivity contribution >= 4 is 23.8 Å². The van der Waals surface area contributed by atoms with Crippen LogP contribution in [-0.2, 0) is 17.8 Å². The molecular weight excluding hydrogens is 408 g/mol. The highest BCUT2D eigenvalue weighted by molar-refractivity contribution is 7.71. The molecule has 0 spiro atoms. The van der Waals surface area contributed by atoms with Crippen molar-refractivity contribution in [2.45, 2.75) is 52.5 Å². The van der Waals surface area contributed by atoms with Crippen molar-refractivity contribution in [1.29, 1.82) is 0 Å². The Hall–Kier alpha value is -2.93. The van der Waals surface area contributed by atoms with Crippen LogP contribution in [0, 0.1) is 4.77 Å². The third kappa shape index (κ3) is 6.52. The van der Waals surface area contributed by atoms with Gasteiger partial charge in [-0.15, -0.1) is 0 Å². The number of nitrogens with one attached hydrogen (secondary N) is 2. The zero-order valence-electron chi connectivity index (χ0n) is 18.2. The molecule has 2 aromatic carbocycles. The van der Waals surface area contributed by atoms with Crippen LogP contribution in [0.3, 0.4) is 0 Å². The lowest BCUT2D eigenvalue weighted by atomic mass is 10.1. The highest BCUT2D eigenvalue weighted by atomic mass is 32.1. The molecule has 0 saturated heterocycles. The molecule has 7 heteroatoms. The zero-order valence-corrected chi connectivity index (χ0v) is 19.0. The molecule has 2 N–H and O–H groups in total. The minimum absolute atomic E-state index is 0.0560. The average molecular weight is 439 g/mol. The first-order chi connectivity index (χ1) is 15.1. The van der Waals surface area contributed by atoms with Crippen LogP contribution in [0.2, 0.25) is 0 Å². The topological polar surface area (TPSA) is 71.9 Å². The summed E-state index contributed by atoms with van der Waals surface area (Å²) in [7, 11) is 0. The van der Waals surface area contributed by atoms with E-state index in [0.29, 0.717) is 30.2 Å². The molecule has 0 bridgehead atoms. The van der Waals surface area contributed by atoms with Crippen LogP contribution in [0.1, 0.15) is 45.1 Å². The van der Waals surface area contributed by atoms with E-state index in [1.165, 1.54) is 24.8 Å². The van der Waals surface area contributed by atoms with Gasteiger partial charge in [0.2, 0.25) is 5.91 Å². The summed E-state index contributed by atoms with van der Waals surface area (Å²) in [5.41, 5.74) is 3.03. The lowest BCUT2D eigenvalue weighted by Crippen LogP contribution is -2.15. The van der Waals surface area contributed by atoms with Gasteiger partial charge in [0.1, 0.15) is 5.75 Å². The Kier molecular flexibility index (Phi) is 8.41. The molecule has 0 fully saturated rings.